The lowest BCUT2D eigenvalue weighted by Crippen LogP contribution is -2.23. The minimum atomic E-state index is -0.704. The number of rotatable bonds is 7. The van der Waals surface area contributed by atoms with E-state index in [4.69, 9.17) is 11.2 Å². The van der Waals surface area contributed by atoms with Crippen LogP contribution in [0.2, 0.25) is 0 Å². The van der Waals surface area contributed by atoms with Crippen LogP contribution >= 0.6 is 0 Å². The number of nitrogens with one attached hydrogen (secondary N) is 1. The van der Waals surface area contributed by atoms with Gasteiger partial charge in [0.15, 0.2) is 11.6 Å². The van der Waals surface area contributed by atoms with Gasteiger partial charge in [0.25, 0.3) is 5.91 Å². The molecule has 0 spiro atoms. The number of hydrogen-bond donors (Lipinski definition) is 1. The quantitative estimate of drug-likeness (QED) is 0.493. The molecule has 6 heteroatoms. The lowest BCUT2D eigenvalue weighted by molar-refractivity contribution is 0.0950. The first-order valence-electron chi connectivity index (χ1n) is 8.75. The third-order valence-corrected chi connectivity index (χ3v) is 4.11. The van der Waals surface area contributed by atoms with Crippen LogP contribution in [0.4, 0.5) is 8.78 Å². The summed E-state index contributed by atoms with van der Waals surface area (Å²) >= 11 is 0. The molecule has 1 N–H and O–H groups in total. The van der Waals surface area contributed by atoms with Gasteiger partial charge in [0.1, 0.15) is 5.82 Å². The Morgan fingerprint density at radius 3 is 2.89 bits per heavy atom. The smallest absolute Gasteiger partial charge is 0.251 e. The zero-order valence-electron chi connectivity index (χ0n) is 15.0. The number of terminal acetylenes is 1. The van der Waals surface area contributed by atoms with Crippen molar-refractivity contribution in [1.29, 1.82) is 0 Å². The van der Waals surface area contributed by atoms with Crippen LogP contribution in [0.5, 0.6) is 5.75 Å². The van der Waals surface area contributed by atoms with Crippen molar-refractivity contribution in [3.63, 3.8) is 0 Å². The molecule has 3 rings (SSSR count). The Balaban J connectivity index is 1.69. The number of aromatic nitrogens is 1. The van der Waals surface area contributed by atoms with E-state index in [1.807, 2.05) is 6.07 Å². The number of hydrogen-bond acceptors (Lipinski definition) is 3. The molecule has 0 bridgehead atoms. The van der Waals surface area contributed by atoms with Crippen LogP contribution in [0.3, 0.4) is 0 Å². The molecule has 0 atom stereocenters. The van der Waals surface area contributed by atoms with E-state index in [-0.39, 0.29) is 24.5 Å². The van der Waals surface area contributed by atoms with E-state index in [0.29, 0.717) is 18.4 Å². The highest BCUT2D eigenvalue weighted by Gasteiger charge is 2.14. The van der Waals surface area contributed by atoms with Crippen molar-refractivity contribution >= 4 is 16.8 Å². The van der Waals surface area contributed by atoms with Gasteiger partial charge in [-0.1, -0.05) is 6.07 Å². The van der Waals surface area contributed by atoms with Crippen LogP contribution in [-0.4, -0.2) is 17.5 Å². The number of halogens is 2. The number of fused-ring (bicyclic) bond motifs is 1. The Bertz CT molecular complexity index is 1040. The number of benzene rings is 2. The molecule has 3 aromatic rings. The molecule has 142 valence electrons. The van der Waals surface area contributed by atoms with Gasteiger partial charge in [0.2, 0.25) is 0 Å². The van der Waals surface area contributed by atoms with Gasteiger partial charge in [-0.3, -0.25) is 9.78 Å². The van der Waals surface area contributed by atoms with E-state index in [1.165, 1.54) is 0 Å². The third kappa shape index (κ3) is 4.63. The summed E-state index contributed by atoms with van der Waals surface area (Å²) in [5.74, 6) is 0.510. The first-order valence-corrected chi connectivity index (χ1v) is 8.75. The zero-order valence-corrected chi connectivity index (χ0v) is 15.0. The summed E-state index contributed by atoms with van der Waals surface area (Å²) in [6.07, 6.45) is 7.84. The van der Waals surface area contributed by atoms with Crippen LogP contribution in [-0.2, 0) is 6.54 Å². The number of carbonyl (C=O) groups is 1. The van der Waals surface area contributed by atoms with Crippen LogP contribution in [0.15, 0.2) is 48.7 Å². The second kappa shape index (κ2) is 8.96. The van der Waals surface area contributed by atoms with Gasteiger partial charge >= 0.3 is 0 Å². The van der Waals surface area contributed by atoms with Crippen LogP contribution in [0, 0.1) is 24.0 Å². The van der Waals surface area contributed by atoms with Crippen molar-refractivity contribution in [1.82, 2.24) is 10.3 Å². The molecule has 0 radical (unpaired) electrons. The van der Waals surface area contributed by atoms with Crippen molar-refractivity contribution in [3.05, 3.63) is 71.4 Å². The van der Waals surface area contributed by atoms with Crippen molar-refractivity contribution in [3.8, 4) is 18.1 Å². The Labute approximate surface area is 161 Å². The predicted octanol–water partition coefficient (Wildman–Crippen LogP) is 4.24. The van der Waals surface area contributed by atoms with Crippen molar-refractivity contribution < 1.29 is 18.3 Å². The molecule has 0 aliphatic heterocycles. The van der Waals surface area contributed by atoms with Gasteiger partial charge in [0, 0.05) is 41.7 Å². The average Bonchev–Trinajstić information content (AvgIpc) is 2.71. The maximum absolute atomic E-state index is 14.5. The van der Waals surface area contributed by atoms with Crippen molar-refractivity contribution in [2.24, 2.45) is 0 Å². The molecule has 0 saturated heterocycles. The highest BCUT2D eigenvalue weighted by molar-refractivity contribution is 5.97. The van der Waals surface area contributed by atoms with E-state index in [1.54, 1.807) is 30.5 Å². The molecule has 4 nitrogen and oxygen atoms in total. The summed E-state index contributed by atoms with van der Waals surface area (Å²) in [4.78, 5) is 16.6. The molecule has 2 aromatic carbocycles. The molecule has 0 aliphatic rings. The molecule has 0 aliphatic carbocycles. The van der Waals surface area contributed by atoms with Gasteiger partial charge < -0.3 is 10.1 Å². The molecule has 1 aromatic heterocycles. The summed E-state index contributed by atoms with van der Waals surface area (Å²) in [6.45, 7) is 0.00964. The fourth-order valence-electron chi connectivity index (χ4n) is 2.70. The summed E-state index contributed by atoms with van der Waals surface area (Å²) in [5, 5.41) is 3.42. The molecular weight excluding hydrogens is 362 g/mol. The number of carbonyl (C=O) groups excluding carboxylic acids is 1. The number of amides is 1. The molecule has 1 amide bonds. The number of nitrogens with zero attached hydrogens (tertiary/aromatic N) is 1. The summed E-state index contributed by atoms with van der Waals surface area (Å²) in [6, 6.07) is 10.7. The Hall–Kier alpha value is -3.46. The van der Waals surface area contributed by atoms with E-state index in [9.17, 15) is 13.6 Å². The van der Waals surface area contributed by atoms with Crippen LogP contribution in [0.25, 0.3) is 10.9 Å². The molecule has 0 fully saturated rings. The largest absolute Gasteiger partial charge is 0.490 e. The first-order chi connectivity index (χ1) is 13.6. The maximum Gasteiger partial charge on any atom is 0.251 e. The fourth-order valence-corrected chi connectivity index (χ4v) is 2.70. The minimum absolute atomic E-state index is 0.00255. The van der Waals surface area contributed by atoms with Gasteiger partial charge in [-0.05, 0) is 36.8 Å². The van der Waals surface area contributed by atoms with Gasteiger partial charge in [0.05, 0.1) is 12.1 Å². The Kier molecular flexibility index (Phi) is 6.18. The van der Waals surface area contributed by atoms with Gasteiger partial charge in [-0.15, -0.1) is 12.3 Å². The maximum atomic E-state index is 14.5. The molecular formula is C22H18F2N2O2. The average molecular weight is 380 g/mol. The van der Waals surface area contributed by atoms with E-state index in [0.717, 1.165) is 23.0 Å². The molecule has 1 heterocycles. The standard InChI is InChI=1S/C22H18F2N2O2/c1-2-3-4-10-28-20-13-18(23)12-17(21(20)24)14-26-22(27)16-7-8-19-15(11-16)6-5-9-25-19/h1,5-9,11-13H,3-4,10,14H2,(H,26,27). The summed E-state index contributed by atoms with van der Waals surface area (Å²) in [7, 11) is 0. The minimum Gasteiger partial charge on any atom is -0.490 e. The number of unbranched alkanes of at least 4 members (excludes halogenated alkanes) is 1. The van der Waals surface area contributed by atoms with Crippen LogP contribution < -0.4 is 10.1 Å². The number of ether oxygens (including phenoxy) is 1. The van der Waals surface area contributed by atoms with Gasteiger partial charge in [-0.25, -0.2) is 8.78 Å². The summed E-state index contributed by atoms with van der Waals surface area (Å²) < 4.78 is 33.6. The lowest BCUT2D eigenvalue weighted by Gasteiger charge is -2.11. The Morgan fingerprint density at radius 1 is 1.21 bits per heavy atom. The molecule has 28 heavy (non-hydrogen) atoms. The second-order valence-electron chi connectivity index (χ2n) is 6.13. The summed E-state index contributed by atoms with van der Waals surface area (Å²) in [5.41, 5.74) is 1.17. The van der Waals surface area contributed by atoms with Gasteiger partial charge in [-0.2, -0.15) is 0 Å². The zero-order chi connectivity index (χ0) is 19.9. The third-order valence-electron chi connectivity index (χ3n) is 4.11. The fraction of sp³-hybridized carbons (Fsp3) is 0.182. The Morgan fingerprint density at radius 2 is 2.07 bits per heavy atom. The monoisotopic (exact) mass is 380 g/mol. The SMILES string of the molecule is C#CCCCOc1cc(F)cc(CNC(=O)c2ccc3ncccc3c2)c1F. The molecule has 0 saturated carbocycles. The van der Waals surface area contributed by atoms with E-state index < -0.39 is 17.5 Å². The highest BCUT2D eigenvalue weighted by atomic mass is 19.1. The highest BCUT2D eigenvalue weighted by Crippen LogP contribution is 2.23. The molecule has 0 unspecified atom stereocenters. The van der Waals surface area contributed by atoms with Crippen molar-refractivity contribution in [2.75, 3.05) is 6.61 Å². The topological polar surface area (TPSA) is 51.2 Å². The van der Waals surface area contributed by atoms with E-state index in [2.05, 4.69) is 16.2 Å². The predicted molar refractivity (Wildman–Crippen MR) is 103 cm³/mol. The second-order valence-corrected chi connectivity index (χ2v) is 6.13. The normalized spacial score (nSPS) is 10.5. The van der Waals surface area contributed by atoms with Crippen LogP contribution in [0.1, 0.15) is 28.8 Å². The first kappa shape index (κ1) is 19.3. The van der Waals surface area contributed by atoms with E-state index >= 15 is 0 Å². The van der Waals surface area contributed by atoms with Crippen molar-refractivity contribution in [2.45, 2.75) is 19.4 Å². The lowest BCUT2D eigenvalue weighted by atomic mass is 10.1. The number of pyridine rings is 1.